The molecule has 0 atom stereocenters. The van der Waals surface area contributed by atoms with Crippen LogP contribution < -0.4 is 10.7 Å². The Morgan fingerprint density at radius 2 is 2.06 bits per heavy atom. The lowest BCUT2D eigenvalue weighted by Gasteiger charge is -2.29. The van der Waals surface area contributed by atoms with Gasteiger partial charge in [0.2, 0.25) is 0 Å². The normalized spacial score (nSPS) is 21.1. The quantitative estimate of drug-likeness (QED) is 0.758. The summed E-state index contributed by atoms with van der Waals surface area (Å²) < 4.78 is 2.36. The number of nitrogens with one attached hydrogen (secondary N) is 1. The molecule has 3 aliphatic rings. The molecule has 0 saturated carbocycles. The zero-order valence-corrected chi connectivity index (χ0v) is 10.6. The van der Waals surface area contributed by atoms with Gasteiger partial charge in [-0.3, -0.25) is 4.79 Å². The van der Waals surface area contributed by atoms with E-state index in [0.717, 1.165) is 43.7 Å². The van der Waals surface area contributed by atoms with Gasteiger partial charge >= 0.3 is 0 Å². The third-order valence-corrected chi connectivity index (χ3v) is 4.59. The van der Waals surface area contributed by atoms with Crippen molar-refractivity contribution < 1.29 is 0 Å². The molecule has 3 heteroatoms. The van der Waals surface area contributed by atoms with E-state index in [0.29, 0.717) is 0 Å². The van der Waals surface area contributed by atoms with E-state index < -0.39 is 0 Å². The van der Waals surface area contributed by atoms with Gasteiger partial charge in [-0.1, -0.05) is 5.57 Å². The largest absolute Gasteiger partial charge is 0.371 e. The van der Waals surface area contributed by atoms with Crippen molar-refractivity contribution >= 4 is 11.4 Å². The van der Waals surface area contributed by atoms with Gasteiger partial charge in [0.25, 0.3) is 0 Å². The standard InChI is InChI=1S/C15H18N2O/c18-14-9-13-11-4-1-3-10(11)6-8-17(13)15-12(14)5-2-7-16-15/h9,16H,1-8H2. The molecule has 94 valence electrons. The molecule has 3 heterocycles. The Morgan fingerprint density at radius 1 is 1.11 bits per heavy atom. The van der Waals surface area contributed by atoms with Gasteiger partial charge in [0.15, 0.2) is 5.43 Å². The van der Waals surface area contributed by atoms with Crippen LogP contribution in [0.3, 0.4) is 0 Å². The van der Waals surface area contributed by atoms with E-state index in [2.05, 4.69) is 9.88 Å². The second-order valence-corrected chi connectivity index (χ2v) is 5.59. The number of hydrogen-bond acceptors (Lipinski definition) is 2. The van der Waals surface area contributed by atoms with E-state index in [1.165, 1.54) is 30.5 Å². The summed E-state index contributed by atoms with van der Waals surface area (Å²) in [7, 11) is 0. The molecule has 0 unspecified atom stereocenters. The number of allylic oxidation sites excluding steroid dienone is 2. The van der Waals surface area contributed by atoms with Gasteiger partial charge in [0.05, 0.1) is 0 Å². The van der Waals surface area contributed by atoms with Crippen molar-refractivity contribution in [1.29, 1.82) is 0 Å². The Bertz CT molecular complexity index is 610. The Balaban J connectivity index is 1.98. The molecule has 3 nitrogen and oxygen atoms in total. The smallest absolute Gasteiger partial charge is 0.187 e. The van der Waals surface area contributed by atoms with Crippen LogP contribution in [0.15, 0.2) is 16.4 Å². The minimum absolute atomic E-state index is 0.240. The maximum atomic E-state index is 12.2. The predicted octanol–water partition coefficient (Wildman–Crippen LogP) is 2.55. The number of pyridine rings is 1. The zero-order chi connectivity index (χ0) is 12.1. The van der Waals surface area contributed by atoms with Gasteiger partial charge in [-0.15, -0.1) is 0 Å². The van der Waals surface area contributed by atoms with Gasteiger partial charge in [0.1, 0.15) is 5.82 Å². The second-order valence-electron chi connectivity index (χ2n) is 5.59. The van der Waals surface area contributed by atoms with Crippen molar-refractivity contribution in [2.24, 2.45) is 0 Å². The van der Waals surface area contributed by atoms with Crippen LogP contribution in [-0.4, -0.2) is 11.1 Å². The van der Waals surface area contributed by atoms with Crippen LogP contribution in [0.1, 0.15) is 43.4 Å². The summed E-state index contributed by atoms with van der Waals surface area (Å²) in [6.07, 6.45) is 6.87. The van der Waals surface area contributed by atoms with Gasteiger partial charge < -0.3 is 9.88 Å². The topological polar surface area (TPSA) is 34.0 Å². The summed E-state index contributed by atoms with van der Waals surface area (Å²) in [5, 5.41) is 3.45. The lowest BCUT2D eigenvalue weighted by atomic mass is 9.97. The zero-order valence-electron chi connectivity index (χ0n) is 10.6. The second kappa shape index (κ2) is 3.74. The molecule has 0 amide bonds. The van der Waals surface area contributed by atoms with E-state index in [9.17, 15) is 4.79 Å². The Labute approximate surface area is 107 Å². The molecule has 4 rings (SSSR count). The first-order chi connectivity index (χ1) is 8.84. The highest BCUT2D eigenvalue weighted by Gasteiger charge is 2.26. The molecule has 0 bridgehead atoms. The highest BCUT2D eigenvalue weighted by Crippen LogP contribution is 2.40. The van der Waals surface area contributed by atoms with E-state index in [-0.39, 0.29) is 5.43 Å². The molecule has 0 saturated heterocycles. The molecular weight excluding hydrogens is 224 g/mol. The number of aromatic nitrogens is 1. The lowest BCUT2D eigenvalue weighted by molar-refractivity contribution is 0.641. The minimum Gasteiger partial charge on any atom is -0.371 e. The minimum atomic E-state index is 0.240. The summed E-state index contributed by atoms with van der Waals surface area (Å²) in [4.78, 5) is 12.2. The van der Waals surface area contributed by atoms with Gasteiger partial charge in [-0.25, -0.2) is 0 Å². The molecule has 0 fully saturated rings. The molecule has 18 heavy (non-hydrogen) atoms. The van der Waals surface area contributed by atoms with E-state index in [4.69, 9.17) is 0 Å². The summed E-state index contributed by atoms with van der Waals surface area (Å²) in [5.41, 5.74) is 5.52. The molecule has 1 N–H and O–H groups in total. The average molecular weight is 242 g/mol. The molecular formula is C15H18N2O. The van der Waals surface area contributed by atoms with Crippen molar-refractivity contribution in [2.45, 2.75) is 45.1 Å². The first-order valence-corrected chi connectivity index (χ1v) is 7.06. The maximum absolute atomic E-state index is 12.2. The van der Waals surface area contributed by atoms with Crippen LogP contribution in [0.2, 0.25) is 0 Å². The molecule has 0 radical (unpaired) electrons. The van der Waals surface area contributed by atoms with Crippen LogP contribution in [0.25, 0.3) is 5.57 Å². The highest BCUT2D eigenvalue weighted by atomic mass is 16.1. The monoisotopic (exact) mass is 242 g/mol. The van der Waals surface area contributed by atoms with Crippen molar-refractivity contribution in [3.63, 3.8) is 0 Å². The first-order valence-electron chi connectivity index (χ1n) is 7.06. The highest BCUT2D eigenvalue weighted by molar-refractivity contribution is 5.72. The summed E-state index contributed by atoms with van der Waals surface area (Å²) in [6, 6.07) is 1.89. The Hall–Kier alpha value is -1.51. The van der Waals surface area contributed by atoms with Gasteiger partial charge in [-0.2, -0.15) is 0 Å². The number of nitrogens with zero attached hydrogens (tertiary/aromatic N) is 1. The van der Waals surface area contributed by atoms with Crippen LogP contribution in [0, 0.1) is 0 Å². The van der Waals surface area contributed by atoms with Crippen LogP contribution in [0.4, 0.5) is 5.82 Å². The SMILES string of the molecule is O=c1cc2n(c3c1CCCN3)CCC1=C2CCC1. The van der Waals surface area contributed by atoms with Crippen molar-refractivity contribution in [3.8, 4) is 0 Å². The van der Waals surface area contributed by atoms with Crippen molar-refractivity contribution in [3.05, 3.63) is 33.1 Å². The van der Waals surface area contributed by atoms with Crippen LogP contribution >= 0.6 is 0 Å². The molecule has 1 aromatic heterocycles. The molecule has 1 aliphatic carbocycles. The fraction of sp³-hybridized carbons (Fsp3) is 0.533. The molecule has 2 aliphatic heterocycles. The Kier molecular flexibility index (Phi) is 2.16. The molecule has 0 aromatic carbocycles. The van der Waals surface area contributed by atoms with Crippen LogP contribution in [0.5, 0.6) is 0 Å². The molecule has 1 aromatic rings. The summed E-state index contributed by atoms with van der Waals surface area (Å²) >= 11 is 0. The van der Waals surface area contributed by atoms with E-state index >= 15 is 0 Å². The fourth-order valence-electron chi connectivity index (χ4n) is 3.73. The Morgan fingerprint density at radius 3 is 3.00 bits per heavy atom. The first kappa shape index (κ1) is 10.4. The third kappa shape index (κ3) is 1.33. The fourth-order valence-corrected chi connectivity index (χ4v) is 3.73. The number of rotatable bonds is 0. The summed E-state index contributed by atoms with van der Waals surface area (Å²) in [5.74, 6) is 1.11. The van der Waals surface area contributed by atoms with Gasteiger partial charge in [-0.05, 0) is 44.1 Å². The van der Waals surface area contributed by atoms with Crippen LogP contribution in [-0.2, 0) is 13.0 Å². The average Bonchev–Trinajstić information content (AvgIpc) is 2.88. The number of anilines is 1. The van der Waals surface area contributed by atoms with Crippen molar-refractivity contribution in [2.75, 3.05) is 11.9 Å². The van der Waals surface area contributed by atoms with E-state index in [1.54, 1.807) is 5.57 Å². The summed E-state index contributed by atoms with van der Waals surface area (Å²) in [6.45, 7) is 2.05. The van der Waals surface area contributed by atoms with Crippen molar-refractivity contribution in [1.82, 2.24) is 4.57 Å². The number of hydrogen-bond donors (Lipinski definition) is 1. The predicted molar refractivity (Wildman–Crippen MR) is 72.9 cm³/mol. The van der Waals surface area contributed by atoms with Gasteiger partial charge in [0, 0.05) is 30.4 Å². The van der Waals surface area contributed by atoms with E-state index in [1.807, 2.05) is 6.07 Å². The lowest BCUT2D eigenvalue weighted by Crippen LogP contribution is -2.28. The molecule has 0 spiro atoms. The number of fused-ring (bicyclic) bond motifs is 4. The maximum Gasteiger partial charge on any atom is 0.187 e. The third-order valence-electron chi connectivity index (χ3n) is 4.59.